The number of ether oxygens (including phenoxy) is 1. The molecule has 92 valence electrons. The summed E-state index contributed by atoms with van der Waals surface area (Å²) in [7, 11) is 1.51. The number of nitrogens with zero attached hydrogens (tertiary/aromatic N) is 1. The molecule has 18 heavy (non-hydrogen) atoms. The molecule has 0 unspecified atom stereocenters. The highest BCUT2D eigenvalue weighted by Gasteiger charge is 2.17. The van der Waals surface area contributed by atoms with Crippen LogP contribution in [0.5, 0.6) is 5.75 Å². The highest BCUT2D eigenvalue weighted by Crippen LogP contribution is 2.24. The Balaban J connectivity index is 2.51. The summed E-state index contributed by atoms with van der Waals surface area (Å²) >= 11 is 5.82. The van der Waals surface area contributed by atoms with E-state index >= 15 is 0 Å². The summed E-state index contributed by atoms with van der Waals surface area (Å²) in [6.45, 7) is 0. The Kier molecular flexibility index (Phi) is 3.48. The lowest BCUT2D eigenvalue weighted by Gasteiger charge is -2.08. The number of aromatic nitrogens is 1. The van der Waals surface area contributed by atoms with E-state index in [2.05, 4.69) is 4.98 Å². The number of pyridine rings is 1. The summed E-state index contributed by atoms with van der Waals surface area (Å²) in [4.78, 5) is 16.2. The highest BCUT2D eigenvalue weighted by molar-refractivity contribution is 6.31. The lowest BCUT2D eigenvalue weighted by atomic mass is 10.0. The molecule has 0 saturated heterocycles. The van der Waals surface area contributed by atoms with Crippen LogP contribution in [-0.2, 0) is 0 Å². The predicted molar refractivity (Wildman–Crippen MR) is 70.1 cm³/mol. The van der Waals surface area contributed by atoms with E-state index in [9.17, 15) is 4.79 Å². The van der Waals surface area contributed by atoms with Gasteiger partial charge >= 0.3 is 0 Å². The molecular weight excluding hydrogens is 252 g/mol. The monoisotopic (exact) mass is 262 g/mol. The second kappa shape index (κ2) is 5.06. The molecule has 0 fully saturated rings. The van der Waals surface area contributed by atoms with Gasteiger partial charge in [-0.3, -0.25) is 4.79 Å². The van der Waals surface area contributed by atoms with Crippen molar-refractivity contribution in [3.05, 3.63) is 52.7 Å². The van der Waals surface area contributed by atoms with Crippen LogP contribution in [0.3, 0.4) is 0 Å². The quantitative estimate of drug-likeness (QED) is 0.864. The van der Waals surface area contributed by atoms with Crippen LogP contribution >= 0.6 is 11.6 Å². The number of benzene rings is 1. The van der Waals surface area contributed by atoms with Gasteiger partial charge in [-0.2, -0.15) is 0 Å². The zero-order valence-corrected chi connectivity index (χ0v) is 10.4. The molecule has 0 aliphatic heterocycles. The minimum absolute atomic E-state index is 0.148. The van der Waals surface area contributed by atoms with Gasteiger partial charge in [0.2, 0.25) is 5.78 Å². The molecule has 1 aromatic carbocycles. The van der Waals surface area contributed by atoms with E-state index in [1.807, 2.05) is 0 Å². The summed E-state index contributed by atoms with van der Waals surface area (Å²) in [6.07, 6.45) is 1.40. The van der Waals surface area contributed by atoms with E-state index in [4.69, 9.17) is 22.1 Å². The normalized spacial score (nSPS) is 10.1. The van der Waals surface area contributed by atoms with Gasteiger partial charge in [-0.15, -0.1) is 0 Å². The maximum Gasteiger partial charge on any atom is 0.200 e. The van der Waals surface area contributed by atoms with E-state index in [1.54, 1.807) is 24.3 Å². The summed E-state index contributed by atoms with van der Waals surface area (Å²) in [5.41, 5.74) is 6.38. The van der Waals surface area contributed by atoms with Crippen molar-refractivity contribution in [3.8, 4) is 5.75 Å². The maximum atomic E-state index is 12.3. The third kappa shape index (κ3) is 2.28. The number of methoxy groups -OCH3 is 1. The van der Waals surface area contributed by atoms with Crippen LogP contribution in [-0.4, -0.2) is 17.9 Å². The number of nitrogens with two attached hydrogens (primary N) is 1. The standard InChI is InChI=1S/C13H11ClN2O2/c1-18-11-5-3-2-4-9(11)12(17)10-6-8(14)7-16-13(10)15/h2-7H,1H3,(H2,15,16). The first kappa shape index (κ1) is 12.4. The SMILES string of the molecule is COc1ccccc1C(=O)c1cc(Cl)cnc1N. The molecular formula is C13H11ClN2O2. The van der Waals surface area contributed by atoms with Crippen molar-refractivity contribution >= 4 is 23.2 Å². The van der Waals surface area contributed by atoms with Gasteiger partial charge in [0.25, 0.3) is 0 Å². The molecule has 2 aromatic rings. The molecule has 0 saturated carbocycles. The Hall–Kier alpha value is -2.07. The molecule has 2 N–H and O–H groups in total. The van der Waals surface area contributed by atoms with Crippen LogP contribution in [0.4, 0.5) is 5.82 Å². The summed E-state index contributed by atoms with van der Waals surface area (Å²) in [5, 5.41) is 0.363. The van der Waals surface area contributed by atoms with E-state index in [1.165, 1.54) is 19.4 Å². The van der Waals surface area contributed by atoms with Crippen LogP contribution in [0.25, 0.3) is 0 Å². The third-order valence-corrected chi connectivity index (χ3v) is 2.69. The van der Waals surface area contributed by atoms with Crippen molar-refractivity contribution in [2.45, 2.75) is 0 Å². The Morgan fingerprint density at radius 3 is 2.78 bits per heavy atom. The smallest absolute Gasteiger partial charge is 0.200 e. The van der Waals surface area contributed by atoms with Gasteiger partial charge in [0.05, 0.1) is 23.3 Å². The number of anilines is 1. The number of hydrogen-bond acceptors (Lipinski definition) is 4. The minimum Gasteiger partial charge on any atom is -0.496 e. The van der Waals surface area contributed by atoms with Crippen LogP contribution < -0.4 is 10.5 Å². The van der Waals surface area contributed by atoms with E-state index < -0.39 is 0 Å². The Bertz CT molecular complexity index is 599. The first-order valence-corrected chi connectivity index (χ1v) is 5.60. The van der Waals surface area contributed by atoms with Crippen LogP contribution in [0.1, 0.15) is 15.9 Å². The van der Waals surface area contributed by atoms with Crippen molar-refractivity contribution in [2.75, 3.05) is 12.8 Å². The number of carbonyl (C=O) groups is 1. The van der Waals surface area contributed by atoms with Gasteiger partial charge in [0.15, 0.2) is 0 Å². The van der Waals surface area contributed by atoms with Gasteiger partial charge in [0.1, 0.15) is 11.6 Å². The van der Waals surface area contributed by atoms with Gasteiger partial charge in [-0.05, 0) is 18.2 Å². The van der Waals surface area contributed by atoms with Crippen molar-refractivity contribution in [3.63, 3.8) is 0 Å². The van der Waals surface area contributed by atoms with Crippen LogP contribution in [0, 0.1) is 0 Å². The third-order valence-electron chi connectivity index (χ3n) is 2.48. The molecule has 5 heteroatoms. The van der Waals surface area contributed by atoms with Gasteiger partial charge in [-0.25, -0.2) is 4.98 Å². The topological polar surface area (TPSA) is 65.2 Å². The minimum atomic E-state index is -0.264. The fraction of sp³-hybridized carbons (Fsp3) is 0.0769. The summed E-state index contributed by atoms with van der Waals surface area (Å²) < 4.78 is 5.14. The van der Waals surface area contributed by atoms with Crippen molar-refractivity contribution in [2.24, 2.45) is 0 Å². The number of hydrogen-bond donors (Lipinski definition) is 1. The van der Waals surface area contributed by atoms with Gasteiger partial charge in [-0.1, -0.05) is 23.7 Å². The number of para-hydroxylation sites is 1. The van der Waals surface area contributed by atoms with Crippen LogP contribution in [0.2, 0.25) is 5.02 Å². The summed E-state index contributed by atoms with van der Waals surface area (Å²) in [6, 6.07) is 8.42. The Morgan fingerprint density at radius 2 is 2.06 bits per heavy atom. The molecule has 0 atom stereocenters. The molecule has 0 spiro atoms. The first-order valence-electron chi connectivity index (χ1n) is 5.22. The second-order valence-corrected chi connectivity index (χ2v) is 4.05. The van der Waals surface area contributed by atoms with E-state index in [0.717, 1.165) is 0 Å². The molecule has 0 aliphatic carbocycles. The predicted octanol–water partition coefficient (Wildman–Crippen LogP) is 2.56. The van der Waals surface area contributed by atoms with Crippen LogP contribution in [0.15, 0.2) is 36.5 Å². The first-order chi connectivity index (χ1) is 8.63. The largest absolute Gasteiger partial charge is 0.496 e. The molecule has 1 heterocycles. The Morgan fingerprint density at radius 1 is 1.33 bits per heavy atom. The fourth-order valence-electron chi connectivity index (χ4n) is 1.61. The lowest BCUT2D eigenvalue weighted by Crippen LogP contribution is -2.08. The van der Waals surface area contributed by atoms with Gasteiger partial charge < -0.3 is 10.5 Å². The summed E-state index contributed by atoms with van der Waals surface area (Å²) in [5.74, 6) is 0.372. The van der Waals surface area contributed by atoms with Crippen molar-refractivity contribution in [1.82, 2.24) is 4.98 Å². The maximum absolute atomic E-state index is 12.3. The van der Waals surface area contributed by atoms with Crippen molar-refractivity contribution < 1.29 is 9.53 Å². The molecule has 1 aromatic heterocycles. The van der Waals surface area contributed by atoms with E-state index in [0.29, 0.717) is 16.3 Å². The molecule has 0 bridgehead atoms. The zero-order valence-electron chi connectivity index (χ0n) is 9.68. The molecule has 0 aliphatic rings. The molecule has 0 amide bonds. The fourth-order valence-corrected chi connectivity index (χ4v) is 1.77. The number of rotatable bonds is 3. The molecule has 0 radical (unpaired) electrons. The Labute approximate surface area is 109 Å². The van der Waals surface area contributed by atoms with E-state index in [-0.39, 0.29) is 17.2 Å². The lowest BCUT2D eigenvalue weighted by molar-refractivity contribution is 0.103. The van der Waals surface area contributed by atoms with Gasteiger partial charge in [0, 0.05) is 6.20 Å². The number of ketones is 1. The zero-order chi connectivity index (χ0) is 13.1. The second-order valence-electron chi connectivity index (χ2n) is 3.62. The number of halogens is 1. The highest BCUT2D eigenvalue weighted by atomic mass is 35.5. The number of nitrogen functional groups attached to an aromatic ring is 1. The molecule has 2 rings (SSSR count). The average molecular weight is 263 g/mol. The number of carbonyl (C=O) groups excluding carboxylic acids is 1. The molecule has 4 nitrogen and oxygen atoms in total. The average Bonchev–Trinajstić information content (AvgIpc) is 2.40. The van der Waals surface area contributed by atoms with Crippen molar-refractivity contribution in [1.29, 1.82) is 0 Å².